The van der Waals surface area contributed by atoms with Gasteiger partial charge in [0.05, 0.1) is 23.2 Å². The molecule has 10 nitrogen and oxygen atoms in total. The number of halogens is 3. The Balaban J connectivity index is 0.000000272. The number of amides is 4. The van der Waals surface area contributed by atoms with Gasteiger partial charge >= 0.3 is 11.5 Å². The van der Waals surface area contributed by atoms with Crippen LogP contribution in [0, 0.1) is 27.7 Å². The largest absolute Gasteiger partial charge is 0.509 e. The molecule has 2 unspecified atom stereocenters. The molecule has 244 valence electrons. The summed E-state index contributed by atoms with van der Waals surface area (Å²) in [7, 11) is 6.35. The summed E-state index contributed by atoms with van der Waals surface area (Å²) < 4.78 is 5.39. The van der Waals surface area contributed by atoms with E-state index in [1.165, 1.54) is 9.80 Å². The highest BCUT2D eigenvalue weighted by atomic mass is 35.5. The fraction of sp³-hybridized carbons (Fsp3) is 0.375. The van der Waals surface area contributed by atoms with E-state index in [1.807, 2.05) is 39.8 Å². The molecule has 2 heterocycles. The van der Waals surface area contributed by atoms with Crippen LogP contribution in [-0.2, 0) is 14.3 Å². The third-order valence-corrected chi connectivity index (χ3v) is 7.67. The van der Waals surface area contributed by atoms with Gasteiger partial charge in [-0.2, -0.15) is 0 Å². The number of carbonyl (C=O) groups excluding carboxylic acids is 4. The molecule has 4 amide bonds. The van der Waals surface area contributed by atoms with Gasteiger partial charge < -0.3 is 30.3 Å². The maximum absolute atomic E-state index is 12.3. The monoisotopic (exact) mass is 680 g/mol. The van der Waals surface area contributed by atoms with Crippen molar-refractivity contribution >= 4 is 69.2 Å². The topological polar surface area (TPSA) is 128 Å². The molecular weight excluding hydrogens is 643 g/mol. The van der Waals surface area contributed by atoms with E-state index in [4.69, 9.17) is 39.5 Å². The second-order valence-electron chi connectivity index (χ2n) is 11.2. The molecule has 2 atom stereocenters. The quantitative estimate of drug-likeness (QED) is 0.250. The predicted octanol–water partition coefficient (Wildman–Crippen LogP) is 6.54. The molecule has 2 aliphatic heterocycles. The number of aliphatic hydroxyl groups excluding tert-OH is 1. The number of nitrogens with one attached hydrogen (secondary N) is 2. The Bertz CT molecular complexity index is 1540. The molecule has 0 radical (unpaired) electrons. The zero-order valence-corrected chi connectivity index (χ0v) is 29.2. The third-order valence-electron chi connectivity index (χ3n) is 6.73. The number of rotatable bonds is 3. The molecule has 0 saturated heterocycles. The lowest BCUT2D eigenvalue weighted by molar-refractivity contribution is -0.116. The number of benzene rings is 2. The van der Waals surface area contributed by atoms with Crippen molar-refractivity contribution in [2.45, 2.75) is 53.6 Å². The average Bonchev–Trinajstić information content (AvgIpc) is 3.31. The smallest absolute Gasteiger partial charge is 0.414 e. The molecule has 0 aromatic heterocycles. The van der Waals surface area contributed by atoms with Gasteiger partial charge in [-0.1, -0.05) is 35.3 Å². The number of carbonyl (C=O) groups is 4. The summed E-state index contributed by atoms with van der Waals surface area (Å²) in [5.41, 5.74) is 5.63. The molecule has 0 bridgehead atoms. The van der Waals surface area contributed by atoms with Crippen LogP contribution >= 0.6 is 34.8 Å². The van der Waals surface area contributed by atoms with Gasteiger partial charge in [0.2, 0.25) is 0 Å². The Kier molecular flexibility index (Phi) is 12.9. The van der Waals surface area contributed by atoms with E-state index >= 15 is 0 Å². The number of ether oxygens (including phenoxy) is 1. The van der Waals surface area contributed by atoms with Crippen LogP contribution in [0.4, 0.5) is 9.59 Å². The first kappa shape index (κ1) is 37.5. The maximum Gasteiger partial charge on any atom is 0.414 e. The van der Waals surface area contributed by atoms with Gasteiger partial charge in [-0.25, -0.2) is 4.79 Å². The van der Waals surface area contributed by atoms with Crippen molar-refractivity contribution < 1.29 is 29.0 Å². The minimum absolute atomic E-state index is 0.0591. The average molecular weight is 682 g/mol. The minimum Gasteiger partial charge on any atom is -0.509 e. The predicted molar refractivity (Wildman–Crippen MR) is 179 cm³/mol. The summed E-state index contributed by atoms with van der Waals surface area (Å²) >= 11 is 17.4. The normalized spacial score (nSPS) is 17.1. The van der Waals surface area contributed by atoms with E-state index in [-0.39, 0.29) is 29.7 Å². The summed E-state index contributed by atoms with van der Waals surface area (Å²) in [6.45, 7) is 11.1. The van der Waals surface area contributed by atoms with Crippen molar-refractivity contribution in [3.05, 3.63) is 79.2 Å². The summed E-state index contributed by atoms with van der Waals surface area (Å²) in [6.07, 6.45) is -0.531. The van der Waals surface area contributed by atoms with Crippen LogP contribution in [0.1, 0.15) is 47.2 Å². The molecule has 3 N–H and O–H groups in total. The molecule has 45 heavy (non-hydrogen) atoms. The van der Waals surface area contributed by atoms with Crippen molar-refractivity contribution in [1.82, 2.24) is 20.4 Å². The van der Waals surface area contributed by atoms with Gasteiger partial charge in [-0.3, -0.25) is 14.4 Å². The molecule has 13 heteroatoms. The molecule has 2 aromatic rings. The standard InChI is InChI=1S/C16H19ClN2O3.C13H14ClNO2.C3H6ClNO/c1-8-6-9(2)12(11(17)7-8)13-14(10(3)18-15(13)20)22-16(21)19(4)5;1-6-4-7(2)10(9(14)5-6)11-12(16)8(3)15-13(11)17;1-5(2)3(4)6/h6-7,10H,1-5H3,(H,18,20);4-5,8,16H,1-3H3,(H,15,17);1-2H3. The lowest BCUT2D eigenvalue weighted by Crippen LogP contribution is -2.29. The highest BCUT2D eigenvalue weighted by molar-refractivity contribution is 6.62. The second kappa shape index (κ2) is 15.5. The van der Waals surface area contributed by atoms with E-state index in [0.29, 0.717) is 38.1 Å². The fourth-order valence-corrected chi connectivity index (χ4v) is 5.43. The number of nitrogens with zero attached hydrogens (tertiary/aromatic N) is 2. The molecule has 0 aliphatic carbocycles. The van der Waals surface area contributed by atoms with Crippen LogP contribution < -0.4 is 10.6 Å². The molecular formula is C32H39Cl3N4O6. The molecule has 2 aliphatic rings. The highest BCUT2D eigenvalue weighted by Gasteiger charge is 2.35. The Hall–Kier alpha value is -3.73. The Labute approximate surface area is 278 Å². The molecule has 4 rings (SSSR count). The van der Waals surface area contributed by atoms with Gasteiger partial charge in [0.15, 0.2) is 0 Å². The lowest BCUT2D eigenvalue weighted by Gasteiger charge is -2.16. The van der Waals surface area contributed by atoms with E-state index in [1.54, 1.807) is 54.2 Å². The summed E-state index contributed by atoms with van der Waals surface area (Å²) in [4.78, 5) is 48.4. The van der Waals surface area contributed by atoms with Crippen molar-refractivity contribution in [1.29, 1.82) is 0 Å². The number of hydrogen-bond donors (Lipinski definition) is 3. The molecule has 0 spiro atoms. The number of hydrogen-bond acceptors (Lipinski definition) is 6. The SMILES string of the molecule is CN(C)C(=O)Cl.Cc1cc(C)c(C2=C(O)C(C)NC2=O)c(Cl)c1.Cc1cc(C)c(C2=C(OC(=O)N(C)C)C(C)NC2=O)c(Cl)c1. The zero-order chi connectivity index (χ0) is 34.5. The number of aliphatic hydroxyl groups is 1. The number of aryl methyl sites for hydroxylation is 4. The molecule has 2 aromatic carbocycles. The minimum atomic E-state index is -0.531. The van der Waals surface area contributed by atoms with Crippen LogP contribution in [0.15, 0.2) is 35.8 Å². The van der Waals surface area contributed by atoms with E-state index in [0.717, 1.165) is 22.3 Å². The Morgan fingerprint density at radius 2 is 1.16 bits per heavy atom. The van der Waals surface area contributed by atoms with Gasteiger partial charge in [-0.15, -0.1) is 0 Å². The van der Waals surface area contributed by atoms with Gasteiger partial charge in [-0.05, 0) is 87.5 Å². The molecule has 0 saturated carbocycles. The first-order chi connectivity index (χ1) is 20.8. The van der Waals surface area contributed by atoms with Crippen molar-refractivity contribution in [2.24, 2.45) is 0 Å². The molecule has 0 fully saturated rings. The van der Waals surface area contributed by atoms with E-state index in [9.17, 15) is 24.3 Å². The van der Waals surface area contributed by atoms with Crippen molar-refractivity contribution in [3.8, 4) is 0 Å². The van der Waals surface area contributed by atoms with E-state index < -0.39 is 11.5 Å². The third kappa shape index (κ3) is 9.15. The first-order valence-electron chi connectivity index (χ1n) is 13.9. The first-order valence-corrected chi connectivity index (χ1v) is 15.0. The Morgan fingerprint density at radius 1 is 0.756 bits per heavy atom. The summed E-state index contributed by atoms with van der Waals surface area (Å²) in [6, 6.07) is 6.73. The summed E-state index contributed by atoms with van der Waals surface area (Å²) in [5, 5.41) is 15.9. The van der Waals surface area contributed by atoms with Gasteiger partial charge in [0.25, 0.3) is 11.8 Å². The summed E-state index contributed by atoms with van der Waals surface area (Å²) in [5.74, 6) is -0.201. The van der Waals surface area contributed by atoms with Gasteiger partial charge in [0.1, 0.15) is 11.5 Å². The van der Waals surface area contributed by atoms with Crippen LogP contribution in [0.3, 0.4) is 0 Å². The van der Waals surface area contributed by atoms with Crippen molar-refractivity contribution in [3.63, 3.8) is 0 Å². The highest BCUT2D eigenvalue weighted by Crippen LogP contribution is 2.36. The zero-order valence-electron chi connectivity index (χ0n) is 27.0. The Morgan fingerprint density at radius 3 is 1.51 bits per heavy atom. The van der Waals surface area contributed by atoms with Crippen LogP contribution in [0.5, 0.6) is 0 Å². The van der Waals surface area contributed by atoms with Crippen LogP contribution in [-0.4, -0.2) is 78.5 Å². The van der Waals surface area contributed by atoms with E-state index in [2.05, 4.69) is 10.6 Å². The lowest BCUT2D eigenvalue weighted by atomic mass is 9.97. The van der Waals surface area contributed by atoms with Gasteiger partial charge in [0, 0.05) is 49.4 Å². The fourth-order valence-electron chi connectivity index (χ4n) is 4.60. The van der Waals surface area contributed by atoms with Crippen LogP contribution in [0.25, 0.3) is 11.1 Å². The van der Waals surface area contributed by atoms with Crippen LogP contribution in [0.2, 0.25) is 10.0 Å². The second-order valence-corrected chi connectivity index (χ2v) is 12.3. The van der Waals surface area contributed by atoms with Crippen molar-refractivity contribution in [2.75, 3.05) is 28.2 Å². The maximum atomic E-state index is 12.3.